The molecule has 2 heterocycles. The number of anilines is 1. The predicted octanol–water partition coefficient (Wildman–Crippen LogP) is 2.24. The molecular formula is C21H30N4O2. The molecule has 1 saturated heterocycles. The van der Waals surface area contributed by atoms with Gasteiger partial charge in [0.05, 0.1) is 24.5 Å². The number of nitrogens with zero attached hydrogens (tertiary/aromatic N) is 4. The Balaban J connectivity index is 1.47. The van der Waals surface area contributed by atoms with Crippen molar-refractivity contribution in [2.24, 2.45) is 5.41 Å². The molecule has 2 atom stereocenters. The van der Waals surface area contributed by atoms with Gasteiger partial charge in [-0.1, -0.05) is 24.3 Å². The summed E-state index contributed by atoms with van der Waals surface area (Å²) in [6.45, 7) is 5.41. The minimum Gasteiger partial charge on any atom is -0.392 e. The molecule has 1 aliphatic carbocycles. The number of benzene rings is 1. The van der Waals surface area contributed by atoms with Crippen LogP contribution in [0.1, 0.15) is 25.0 Å². The predicted molar refractivity (Wildman–Crippen MR) is 107 cm³/mol. The lowest BCUT2D eigenvalue weighted by atomic mass is 9.58. The Hall–Kier alpha value is -1.76. The third-order valence-corrected chi connectivity index (χ3v) is 6.45. The molecule has 1 aromatic carbocycles. The highest BCUT2D eigenvalue weighted by molar-refractivity contribution is 5.93. The molecule has 4 rings (SSSR count). The van der Waals surface area contributed by atoms with E-state index < -0.39 is 0 Å². The molecular weight excluding hydrogens is 340 g/mol. The standard InChI is InChI=1S/C21H30N4O2/c1-15-16-6-4-5-7-17(16)20(23-22-15)25-10-8-21(9-11-25)18(26)14-19(21)27-13-12-24(2)3/h4-7,18-19,26H,8-14H2,1-3H3/t18-,19+/m0/s1. The number of ether oxygens (including phenoxy) is 1. The van der Waals surface area contributed by atoms with Crippen molar-refractivity contribution >= 4 is 16.6 Å². The summed E-state index contributed by atoms with van der Waals surface area (Å²) in [7, 11) is 4.11. The molecule has 146 valence electrons. The van der Waals surface area contributed by atoms with Gasteiger partial charge in [-0.05, 0) is 33.9 Å². The van der Waals surface area contributed by atoms with Crippen LogP contribution in [0.3, 0.4) is 0 Å². The summed E-state index contributed by atoms with van der Waals surface area (Å²) in [5.74, 6) is 0.963. The lowest BCUT2D eigenvalue weighted by Gasteiger charge is -2.56. The summed E-state index contributed by atoms with van der Waals surface area (Å²) in [5.41, 5.74) is 0.878. The highest BCUT2D eigenvalue weighted by atomic mass is 16.5. The summed E-state index contributed by atoms with van der Waals surface area (Å²) in [6.07, 6.45) is 2.57. The summed E-state index contributed by atoms with van der Waals surface area (Å²) in [4.78, 5) is 4.45. The molecule has 0 unspecified atom stereocenters. The van der Waals surface area contributed by atoms with Crippen LogP contribution >= 0.6 is 0 Å². The minimum absolute atomic E-state index is 0.0866. The molecule has 1 saturated carbocycles. The Bertz CT molecular complexity index is 802. The van der Waals surface area contributed by atoms with E-state index in [1.807, 2.05) is 13.0 Å². The molecule has 0 radical (unpaired) electrons. The van der Waals surface area contributed by atoms with E-state index in [2.05, 4.69) is 52.3 Å². The lowest BCUT2D eigenvalue weighted by molar-refractivity contribution is -0.202. The molecule has 2 aliphatic rings. The molecule has 0 bridgehead atoms. The smallest absolute Gasteiger partial charge is 0.159 e. The maximum absolute atomic E-state index is 10.5. The zero-order valence-electron chi connectivity index (χ0n) is 16.6. The van der Waals surface area contributed by atoms with Crippen LogP contribution in [0.5, 0.6) is 0 Å². The number of aliphatic hydroxyl groups excluding tert-OH is 1. The first-order valence-electron chi connectivity index (χ1n) is 9.92. The van der Waals surface area contributed by atoms with Crippen LogP contribution in [0.15, 0.2) is 24.3 Å². The Morgan fingerprint density at radius 2 is 1.89 bits per heavy atom. The van der Waals surface area contributed by atoms with Gasteiger partial charge in [0.1, 0.15) is 0 Å². The van der Waals surface area contributed by atoms with Gasteiger partial charge in [0, 0.05) is 42.2 Å². The monoisotopic (exact) mass is 370 g/mol. The first-order valence-corrected chi connectivity index (χ1v) is 9.92. The van der Waals surface area contributed by atoms with Crippen LogP contribution in [0, 0.1) is 12.3 Å². The molecule has 1 aromatic heterocycles. The Labute approximate surface area is 161 Å². The van der Waals surface area contributed by atoms with Gasteiger partial charge < -0.3 is 19.6 Å². The Morgan fingerprint density at radius 3 is 2.56 bits per heavy atom. The maximum Gasteiger partial charge on any atom is 0.159 e. The van der Waals surface area contributed by atoms with Gasteiger partial charge in [-0.25, -0.2) is 0 Å². The molecule has 6 heteroatoms. The van der Waals surface area contributed by atoms with E-state index in [-0.39, 0.29) is 17.6 Å². The van der Waals surface area contributed by atoms with Gasteiger partial charge in [0.25, 0.3) is 0 Å². The van der Waals surface area contributed by atoms with Crippen LogP contribution in [-0.2, 0) is 4.74 Å². The average Bonchev–Trinajstić information content (AvgIpc) is 2.68. The van der Waals surface area contributed by atoms with Gasteiger partial charge in [-0.15, -0.1) is 5.10 Å². The number of likely N-dealkylation sites (N-methyl/N-ethyl adjacent to an activating group) is 1. The highest BCUT2D eigenvalue weighted by Gasteiger charge is 2.56. The van der Waals surface area contributed by atoms with Gasteiger partial charge in [-0.3, -0.25) is 0 Å². The van der Waals surface area contributed by atoms with Crippen molar-refractivity contribution in [1.82, 2.24) is 15.1 Å². The second kappa shape index (κ2) is 7.34. The zero-order chi connectivity index (χ0) is 19.0. The topological polar surface area (TPSA) is 61.7 Å². The number of piperidine rings is 1. The van der Waals surface area contributed by atoms with Crippen LogP contribution in [-0.4, -0.2) is 72.7 Å². The summed E-state index contributed by atoms with van der Waals surface area (Å²) >= 11 is 0. The molecule has 2 aromatic rings. The van der Waals surface area contributed by atoms with E-state index in [9.17, 15) is 5.11 Å². The van der Waals surface area contributed by atoms with Crippen molar-refractivity contribution in [3.05, 3.63) is 30.0 Å². The summed E-state index contributed by atoms with van der Waals surface area (Å²) in [5, 5.41) is 21.7. The number of hydrogen-bond acceptors (Lipinski definition) is 6. The molecule has 6 nitrogen and oxygen atoms in total. The third-order valence-electron chi connectivity index (χ3n) is 6.45. The zero-order valence-corrected chi connectivity index (χ0v) is 16.6. The normalized spacial score (nSPS) is 24.6. The fourth-order valence-corrected chi connectivity index (χ4v) is 4.59. The van der Waals surface area contributed by atoms with E-state index in [1.165, 1.54) is 0 Å². The second-order valence-corrected chi connectivity index (χ2v) is 8.29. The lowest BCUT2D eigenvalue weighted by Crippen LogP contribution is -2.62. The third kappa shape index (κ3) is 3.30. The van der Waals surface area contributed by atoms with Gasteiger partial charge in [0.2, 0.25) is 0 Å². The SMILES string of the molecule is Cc1nnc(N2CCC3(CC2)[C@@H](O)C[C@H]3OCCN(C)C)c2ccccc12. The molecule has 2 fully saturated rings. The quantitative estimate of drug-likeness (QED) is 0.871. The van der Waals surface area contributed by atoms with E-state index in [1.54, 1.807) is 0 Å². The van der Waals surface area contributed by atoms with Crippen LogP contribution in [0.2, 0.25) is 0 Å². The number of aromatic nitrogens is 2. The van der Waals surface area contributed by atoms with Crippen molar-refractivity contribution in [3.63, 3.8) is 0 Å². The first-order chi connectivity index (χ1) is 13.0. The van der Waals surface area contributed by atoms with Gasteiger partial charge in [0.15, 0.2) is 5.82 Å². The largest absolute Gasteiger partial charge is 0.392 e. The number of aliphatic hydroxyl groups is 1. The molecule has 0 amide bonds. The van der Waals surface area contributed by atoms with Crippen LogP contribution in [0.4, 0.5) is 5.82 Å². The maximum atomic E-state index is 10.5. The Kier molecular flexibility index (Phi) is 5.05. The highest BCUT2D eigenvalue weighted by Crippen LogP contribution is 2.51. The number of rotatable bonds is 5. The average molecular weight is 370 g/mol. The van der Waals surface area contributed by atoms with Crippen molar-refractivity contribution in [2.45, 2.75) is 38.4 Å². The van der Waals surface area contributed by atoms with Crippen molar-refractivity contribution < 1.29 is 9.84 Å². The van der Waals surface area contributed by atoms with Crippen molar-refractivity contribution in [2.75, 3.05) is 45.2 Å². The van der Waals surface area contributed by atoms with E-state index in [0.29, 0.717) is 0 Å². The fourth-order valence-electron chi connectivity index (χ4n) is 4.59. The number of fused-ring (bicyclic) bond motifs is 1. The van der Waals surface area contributed by atoms with Crippen LogP contribution in [0.25, 0.3) is 10.8 Å². The number of aryl methyl sites for hydroxylation is 1. The van der Waals surface area contributed by atoms with E-state index >= 15 is 0 Å². The van der Waals surface area contributed by atoms with Crippen LogP contribution < -0.4 is 4.90 Å². The van der Waals surface area contributed by atoms with Crippen molar-refractivity contribution in [1.29, 1.82) is 0 Å². The minimum atomic E-state index is -0.246. The molecule has 27 heavy (non-hydrogen) atoms. The van der Waals surface area contributed by atoms with Gasteiger partial charge >= 0.3 is 0 Å². The van der Waals surface area contributed by atoms with Crippen molar-refractivity contribution in [3.8, 4) is 0 Å². The van der Waals surface area contributed by atoms with Gasteiger partial charge in [-0.2, -0.15) is 5.10 Å². The number of hydrogen-bond donors (Lipinski definition) is 1. The van der Waals surface area contributed by atoms with E-state index in [0.717, 1.165) is 67.8 Å². The summed E-state index contributed by atoms with van der Waals surface area (Å²) < 4.78 is 6.13. The fraction of sp³-hybridized carbons (Fsp3) is 0.619. The van der Waals surface area contributed by atoms with E-state index in [4.69, 9.17) is 4.74 Å². The molecule has 1 N–H and O–H groups in total. The Morgan fingerprint density at radius 1 is 1.19 bits per heavy atom. The molecule has 1 spiro atoms. The summed E-state index contributed by atoms with van der Waals surface area (Å²) in [6, 6.07) is 8.34. The first kappa shape index (κ1) is 18.6. The second-order valence-electron chi connectivity index (χ2n) is 8.29. The molecule has 1 aliphatic heterocycles.